The van der Waals surface area contributed by atoms with Gasteiger partial charge in [0.05, 0.1) is 21.3 Å². The van der Waals surface area contributed by atoms with E-state index in [4.69, 9.17) is 11.6 Å². The number of aryl methyl sites for hydroxylation is 1. The van der Waals surface area contributed by atoms with Gasteiger partial charge in [0.1, 0.15) is 6.04 Å². The fourth-order valence-electron chi connectivity index (χ4n) is 5.77. The molecule has 6 rings (SSSR count). The predicted molar refractivity (Wildman–Crippen MR) is 137 cm³/mol. The third-order valence-corrected chi connectivity index (χ3v) is 9.26. The van der Waals surface area contributed by atoms with Crippen molar-refractivity contribution in [2.75, 3.05) is 5.32 Å². The van der Waals surface area contributed by atoms with Gasteiger partial charge in [0.25, 0.3) is 5.91 Å². The van der Waals surface area contributed by atoms with Crippen LogP contribution in [0.4, 0.5) is 18.9 Å². The van der Waals surface area contributed by atoms with Crippen LogP contribution in [-0.4, -0.2) is 34.6 Å². The Labute approximate surface area is 222 Å². The summed E-state index contributed by atoms with van der Waals surface area (Å²) in [5, 5.41) is 8.68. The molecule has 0 aliphatic heterocycles. The van der Waals surface area contributed by atoms with E-state index in [1.807, 2.05) is 0 Å². The lowest BCUT2D eigenvalue weighted by Crippen LogP contribution is -2.70. The summed E-state index contributed by atoms with van der Waals surface area (Å²) in [6.07, 6.45) is 4.52. The van der Waals surface area contributed by atoms with Crippen molar-refractivity contribution < 1.29 is 22.8 Å². The summed E-state index contributed by atoms with van der Waals surface area (Å²) in [6, 6.07) is 1.32. The third-order valence-electron chi connectivity index (χ3n) is 7.91. The topological polar surface area (TPSA) is 83.1 Å². The van der Waals surface area contributed by atoms with E-state index >= 15 is 0 Å². The molecule has 2 amide bonds. The molecule has 0 spiro atoms. The van der Waals surface area contributed by atoms with Crippen LogP contribution in [0.5, 0.6) is 0 Å². The van der Waals surface area contributed by atoms with Gasteiger partial charge in [-0.25, -0.2) is 0 Å². The molecule has 11 heteroatoms. The van der Waals surface area contributed by atoms with Crippen LogP contribution in [-0.2, 0) is 4.79 Å². The lowest BCUT2D eigenvalue weighted by molar-refractivity contribution is -0.143. The van der Waals surface area contributed by atoms with Gasteiger partial charge >= 0.3 is 6.18 Å². The smallest absolute Gasteiger partial charge is 0.368 e. The minimum absolute atomic E-state index is 0.0670. The van der Waals surface area contributed by atoms with Crippen molar-refractivity contribution in [3.63, 3.8) is 0 Å². The maximum atomic E-state index is 14.0. The molecular formula is C26H30ClF3N4O2S. The number of thiophene rings is 1. The van der Waals surface area contributed by atoms with Gasteiger partial charge in [-0.3, -0.25) is 14.6 Å². The molecule has 0 aromatic carbocycles. The number of hydrogen-bond acceptors (Lipinski definition) is 5. The zero-order valence-corrected chi connectivity index (χ0v) is 22.0. The second-order valence-corrected chi connectivity index (χ2v) is 12.3. The van der Waals surface area contributed by atoms with Crippen molar-refractivity contribution in [2.45, 2.75) is 82.1 Å². The number of nitrogens with one attached hydrogen (secondary N) is 3. The van der Waals surface area contributed by atoms with Crippen molar-refractivity contribution in [3.05, 3.63) is 44.9 Å². The summed E-state index contributed by atoms with van der Waals surface area (Å²) < 4.78 is 42.0. The molecule has 3 N–H and O–H groups in total. The minimum Gasteiger partial charge on any atom is -0.368 e. The molecule has 2 aromatic heterocycles. The SMILES string of the molecule is Cc1ncc(Cl)cc1N[C@H](c1ccc(C(=O)N[C@@H](CC2CCCC2)C(=O)NC23CC(C2)C3)s1)C(F)(F)F. The molecule has 37 heavy (non-hydrogen) atoms. The summed E-state index contributed by atoms with van der Waals surface area (Å²) in [5.41, 5.74) is 0.420. The molecule has 4 fully saturated rings. The Hall–Kier alpha value is -2.33. The fourth-order valence-corrected chi connectivity index (χ4v) is 6.92. The highest BCUT2D eigenvalue weighted by Crippen LogP contribution is 2.57. The van der Waals surface area contributed by atoms with Crippen LogP contribution in [0.3, 0.4) is 0 Å². The predicted octanol–water partition coefficient (Wildman–Crippen LogP) is 6.17. The molecule has 200 valence electrons. The Balaban J connectivity index is 1.30. The highest BCUT2D eigenvalue weighted by molar-refractivity contribution is 7.14. The first-order valence-electron chi connectivity index (χ1n) is 12.7. The summed E-state index contributed by atoms with van der Waals surface area (Å²) in [6.45, 7) is 1.59. The van der Waals surface area contributed by atoms with Crippen molar-refractivity contribution in [2.24, 2.45) is 11.8 Å². The minimum atomic E-state index is -4.62. The van der Waals surface area contributed by atoms with Crippen LogP contribution in [0, 0.1) is 18.8 Å². The molecule has 0 saturated heterocycles. The number of carbonyl (C=O) groups is 2. The van der Waals surface area contributed by atoms with Crippen molar-refractivity contribution >= 4 is 40.4 Å². The Kier molecular flexibility index (Phi) is 7.17. The van der Waals surface area contributed by atoms with Gasteiger partial charge in [0.2, 0.25) is 5.91 Å². The summed E-state index contributed by atoms with van der Waals surface area (Å²) in [5.74, 6) is 0.341. The highest BCUT2D eigenvalue weighted by atomic mass is 35.5. The fraction of sp³-hybridized carbons (Fsp3) is 0.577. The molecule has 2 aromatic rings. The molecule has 2 bridgehead atoms. The number of rotatable bonds is 9. The second kappa shape index (κ2) is 10.1. The maximum absolute atomic E-state index is 14.0. The molecule has 4 aliphatic carbocycles. The Morgan fingerprint density at radius 3 is 2.54 bits per heavy atom. The standard InChI is InChI=1S/C26H30ClF3N4O2S/c1-14-18(9-17(27)13-31-14)32-22(26(28,29)30)20-6-7-21(37-20)24(36)33-19(8-15-4-2-3-5-15)23(35)34-25-10-16(11-25)12-25/h6-7,9,13,15-16,19,22,32H,2-5,8,10-12H2,1H3,(H,33,36)(H,34,35)/t16?,19-,22+,25?/m0/s1. The number of hydrogen-bond donors (Lipinski definition) is 3. The van der Waals surface area contributed by atoms with Gasteiger partial charge in [-0.1, -0.05) is 37.3 Å². The first kappa shape index (κ1) is 26.3. The van der Waals surface area contributed by atoms with Gasteiger partial charge in [0.15, 0.2) is 6.04 Å². The lowest BCUT2D eigenvalue weighted by Gasteiger charge is -2.62. The van der Waals surface area contributed by atoms with Crippen molar-refractivity contribution in [1.82, 2.24) is 15.6 Å². The van der Waals surface area contributed by atoms with E-state index in [2.05, 4.69) is 20.9 Å². The second-order valence-electron chi connectivity index (χ2n) is 10.8. The number of nitrogens with zero attached hydrogens (tertiary/aromatic N) is 1. The zero-order chi connectivity index (χ0) is 26.4. The number of pyridine rings is 1. The van der Waals surface area contributed by atoms with Gasteiger partial charge in [0, 0.05) is 16.6 Å². The van der Waals surface area contributed by atoms with Crippen LogP contribution in [0.1, 0.15) is 77.7 Å². The molecule has 0 unspecified atom stereocenters. The van der Waals surface area contributed by atoms with E-state index in [1.165, 1.54) is 24.4 Å². The molecule has 4 aliphatic rings. The first-order valence-corrected chi connectivity index (χ1v) is 13.9. The van der Waals surface area contributed by atoms with Crippen molar-refractivity contribution in [3.8, 4) is 0 Å². The average Bonchev–Trinajstić information content (AvgIpc) is 3.46. The molecule has 0 radical (unpaired) electrons. The lowest BCUT2D eigenvalue weighted by atomic mass is 9.50. The third kappa shape index (κ3) is 5.74. The van der Waals surface area contributed by atoms with E-state index in [0.29, 0.717) is 24.0 Å². The quantitative estimate of drug-likeness (QED) is 0.346. The van der Waals surface area contributed by atoms with E-state index in [9.17, 15) is 22.8 Å². The van der Waals surface area contributed by atoms with Crippen LogP contribution < -0.4 is 16.0 Å². The first-order chi connectivity index (χ1) is 17.5. The highest BCUT2D eigenvalue weighted by Gasteiger charge is 2.57. The Morgan fingerprint density at radius 1 is 1.22 bits per heavy atom. The number of halogens is 4. The normalized spacial score (nSPS) is 24.5. The zero-order valence-electron chi connectivity index (χ0n) is 20.5. The molecule has 2 heterocycles. The van der Waals surface area contributed by atoms with Crippen LogP contribution >= 0.6 is 22.9 Å². The van der Waals surface area contributed by atoms with Crippen molar-refractivity contribution in [1.29, 1.82) is 0 Å². The summed E-state index contributed by atoms with van der Waals surface area (Å²) >= 11 is 6.69. The molecular weight excluding hydrogens is 525 g/mol. The molecule has 4 saturated carbocycles. The number of anilines is 1. The van der Waals surface area contributed by atoms with E-state index < -0.39 is 24.2 Å². The number of amides is 2. The van der Waals surface area contributed by atoms with Crippen LogP contribution in [0.2, 0.25) is 5.02 Å². The van der Waals surface area contributed by atoms with Crippen LogP contribution in [0.25, 0.3) is 0 Å². The summed E-state index contributed by atoms with van der Waals surface area (Å²) in [4.78, 5) is 30.3. The summed E-state index contributed by atoms with van der Waals surface area (Å²) in [7, 11) is 0. The average molecular weight is 555 g/mol. The Bertz CT molecular complexity index is 1160. The van der Waals surface area contributed by atoms with E-state index in [0.717, 1.165) is 56.3 Å². The Morgan fingerprint density at radius 2 is 1.92 bits per heavy atom. The number of carbonyl (C=O) groups excluding carboxylic acids is 2. The van der Waals surface area contributed by atoms with Gasteiger partial charge < -0.3 is 16.0 Å². The largest absolute Gasteiger partial charge is 0.413 e. The number of aromatic nitrogens is 1. The monoisotopic (exact) mass is 554 g/mol. The van der Waals surface area contributed by atoms with E-state index in [-0.39, 0.29) is 31.9 Å². The van der Waals surface area contributed by atoms with E-state index in [1.54, 1.807) is 6.92 Å². The number of alkyl halides is 3. The maximum Gasteiger partial charge on any atom is 0.413 e. The molecule has 2 atom stereocenters. The van der Waals surface area contributed by atoms with Gasteiger partial charge in [-0.05, 0) is 62.6 Å². The van der Waals surface area contributed by atoms with Gasteiger partial charge in [-0.15, -0.1) is 11.3 Å². The van der Waals surface area contributed by atoms with Gasteiger partial charge in [-0.2, -0.15) is 13.2 Å². The molecule has 6 nitrogen and oxygen atoms in total. The van der Waals surface area contributed by atoms with Crippen LogP contribution in [0.15, 0.2) is 24.4 Å².